The lowest BCUT2D eigenvalue weighted by Gasteiger charge is -2.25. The molecule has 0 saturated carbocycles. The van der Waals surface area contributed by atoms with Crippen molar-refractivity contribution in [2.45, 2.75) is 19.4 Å². The third kappa shape index (κ3) is 1.93. The van der Waals surface area contributed by atoms with Gasteiger partial charge in [-0.1, -0.05) is 12.1 Å². The highest BCUT2D eigenvalue weighted by Crippen LogP contribution is 2.24. The number of hydrogen-bond acceptors (Lipinski definition) is 2. The number of benzene rings is 1. The number of nitrogens with one attached hydrogen (secondary N) is 1. The summed E-state index contributed by atoms with van der Waals surface area (Å²) in [6.45, 7) is 2.10. The van der Waals surface area contributed by atoms with Crippen LogP contribution in [0.2, 0.25) is 0 Å². The van der Waals surface area contributed by atoms with Crippen molar-refractivity contribution in [1.29, 1.82) is 0 Å². The Labute approximate surface area is 87.2 Å². The average Bonchev–Trinajstić information content (AvgIpc) is 2.22. The number of rotatable bonds is 1. The van der Waals surface area contributed by atoms with Crippen molar-refractivity contribution >= 4 is 6.09 Å². The van der Waals surface area contributed by atoms with Crippen molar-refractivity contribution in [1.82, 2.24) is 5.32 Å². The van der Waals surface area contributed by atoms with Crippen LogP contribution in [-0.2, 0) is 4.74 Å². The number of amides is 1. The summed E-state index contributed by atoms with van der Waals surface area (Å²) in [6, 6.07) is 4.76. The van der Waals surface area contributed by atoms with Gasteiger partial charge in [-0.2, -0.15) is 0 Å². The zero-order chi connectivity index (χ0) is 10.8. The molecule has 4 heteroatoms. The van der Waals surface area contributed by atoms with Crippen LogP contribution in [0.5, 0.6) is 0 Å². The van der Waals surface area contributed by atoms with Crippen LogP contribution < -0.4 is 5.32 Å². The number of carbonyl (C=O) groups is 1. The topological polar surface area (TPSA) is 38.3 Å². The van der Waals surface area contributed by atoms with E-state index in [1.165, 1.54) is 6.07 Å². The predicted octanol–water partition coefficient (Wildman–Crippen LogP) is 2.31. The molecule has 1 aromatic carbocycles. The average molecular weight is 209 g/mol. The first-order valence-electron chi connectivity index (χ1n) is 4.87. The van der Waals surface area contributed by atoms with E-state index in [1.54, 1.807) is 13.0 Å². The van der Waals surface area contributed by atoms with Crippen molar-refractivity contribution in [3.63, 3.8) is 0 Å². The molecule has 2 rings (SSSR count). The molecule has 0 radical (unpaired) electrons. The van der Waals surface area contributed by atoms with Crippen LogP contribution in [0, 0.1) is 12.7 Å². The van der Waals surface area contributed by atoms with Gasteiger partial charge in [-0.25, -0.2) is 9.18 Å². The van der Waals surface area contributed by atoms with E-state index in [2.05, 4.69) is 5.32 Å². The van der Waals surface area contributed by atoms with Crippen LogP contribution in [0.15, 0.2) is 18.2 Å². The second-order valence-electron chi connectivity index (χ2n) is 3.58. The van der Waals surface area contributed by atoms with E-state index in [1.807, 2.05) is 6.07 Å². The molecule has 80 valence electrons. The van der Waals surface area contributed by atoms with Gasteiger partial charge in [0.05, 0.1) is 12.6 Å². The first kappa shape index (κ1) is 9.96. The van der Waals surface area contributed by atoms with Gasteiger partial charge < -0.3 is 10.1 Å². The normalized spacial score (nSPS) is 20.7. The van der Waals surface area contributed by atoms with E-state index < -0.39 is 6.09 Å². The number of alkyl carbamates (subject to hydrolysis) is 1. The molecule has 1 aromatic rings. The molecule has 1 aliphatic heterocycles. The monoisotopic (exact) mass is 209 g/mol. The Morgan fingerprint density at radius 2 is 2.33 bits per heavy atom. The summed E-state index contributed by atoms with van der Waals surface area (Å²) in [5.41, 5.74) is 1.41. The lowest BCUT2D eigenvalue weighted by Crippen LogP contribution is -2.35. The fourth-order valence-corrected chi connectivity index (χ4v) is 1.76. The molecule has 1 saturated heterocycles. The SMILES string of the molecule is Cc1c(F)cccc1[C@@H]1CCOC(=O)N1. The molecular weight excluding hydrogens is 197 g/mol. The van der Waals surface area contributed by atoms with Crippen molar-refractivity contribution in [2.24, 2.45) is 0 Å². The highest BCUT2D eigenvalue weighted by molar-refractivity contribution is 5.68. The van der Waals surface area contributed by atoms with Crippen LogP contribution in [0.4, 0.5) is 9.18 Å². The maximum atomic E-state index is 13.3. The molecule has 0 aliphatic carbocycles. The highest BCUT2D eigenvalue weighted by Gasteiger charge is 2.22. The third-order valence-electron chi connectivity index (χ3n) is 2.62. The van der Waals surface area contributed by atoms with Gasteiger partial charge >= 0.3 is 6.09 Å². The summed E-state index contributed by atoms with van der Waals surface area (Å²) in [5.74, 6) is -0.242. The summed E-state index contributed by atoms with van der Waals surface area (Å²) < 4.78 is 18.0. The minimum Gasteiger partial charge on any atom is -0.449 e. The van der Waals surface area contributed by atoms with Crippen LogP contribution in [0.1, 0.15) is 23.6 Å². The van der Waals surface area contributed by atoms with E-state index in [9.17, 15) is 9.18 Å². The molecule has 1 amide bonds. The number of halogens is 1. The zero-order valence-electron chi connectivity index (χ0n) is 8.42. The molecule has 3 nitrogen and oxygen atoms in total. The van der Waals surface area contributed by atoms with E-state index in [4.69, 9.17) is 4.74 Å². The van der Waals surface area contributed by atoms with Gasteiger partial charge in [0.1, 0.15) is 5.82 Å². The minimum atomic E-state index is -0.435. The second kappa shape index (κ2) is 3.88. The lowest BCUT2D eigenvalue weighted by molar-refractivity contribution is 0.115. The molecule has 1 aliphatic rings. The van der Waals surface area contributed by atoms with Gasteiger partial charge in [-0.3, -0.25) is 0 Å². The van der Waals surface area contributed by atoms with E-state index in [0.717, 1.165) is 5.56 Å². The molecule has 0 unspecified atom stereocenters. The van der Waals surface area contributed by atoms with E-state index in [0.29, 0.717) is 18.6 Å². The molecule has 1 N–H and O–H groups in total. The standard InChI is InChI=1S/C11H12FNO2/c1-7-8(3-2-4-9(7)12)10-5-6-15-11(14)13-10/h2-4,10H,5-6H2,1H3,(H,13,14)/t10-/m0/s1. The Balaban J connectivity index is 2.28. The molecule has 0 aromatic heterocycles. The van der Waals surface area contributed by atoms with Gasteiger partial charge in [0, 0.05) is 6.42 Å². The lowest BCUT2D eigenvalue weighted by atomic mass is 9.98. The smallest absolute Gasteiger partial charge is 0.407 e. The molecule has 1 fully saturated rings. The van der Waals surface area contributed by atoms with Gasteiger partial charge in [0.2, 0.25) is 0 Å². The Hall–Kier alpha value is -1.58. The first-order chi connectivity index (χ1) is 7.18. The Morgan fingerprint density at radius 1 is 1.53 bits per heavy atom. The second-order valence-corrected chi connectivity index (χ2v) is 3.58. The largest absolute Gasteiger partial charge is 0.449 e. The Kier molecular flexibility index (Phi) is 2.58. The van der Waals surface area contributed by atoms with Gasteiger partial charge in [-0.15, -0.1) is 0 Å². The van der Waals surface area contributed by atoms with E-state index in [-0.39, 0.29) is 11.9 Å². The molecule has 0 bridgehead atoms. The molecule has 1 heterocycles. The molecule has 15 heavy (non-hydrogen) atoms. The quantitative estimate of drug-likeness (QED) is 0.770. The molecule has 0 spiro atoms. The van der Waals surface area contributed by atoms with Gasteiger partial charge in [0.25, 0.3) is 0 Å². The fraction of sp³-hybridized carbons (Fsp3) is 0.364. The number of hydrogen-bond donors (Lipinski definition) is 1. The summed E-state index contributed by atoms with van der Waals surface area (Å²) in [5, 5.41) is 2.67. The van der Waals surface area contributed by atoms with Crippen LogP contribution >= 0.6 is 0 Å². The Bertz CT molecular complexity index is 392. The number of cyclic esters (lactones) is 1. The van der Waals surface area contributed by atoms with Crippen LogP contribution in [-0.4, -0.2) is 12.7 Å². The minimum absolute atomic E-state index is 0.137. The maximum Gasteiger partial charge on any atom is 0.407 e. The summed E-state index contributed by atoms with van der Waals surface area (Å²) in [6.07, 6.45) is 0.241. The predicted molar refractivity (Wildman–Crippen MR) is 53.0 cm³/mol. The maximum absolute atomic E-state index is 13.3. The molecular formula is C11H12FNO2. The van der Waals surface area contributed by atoms with Crippen molar-refractivity contribution in [3.05, 3.63) is 35.1 Å². The first-order valence-corrected chi connectivity index (χ1v) is 4.87. The van der Waals surface area contributed by atoms with Gasteiger partial charge in [0.15, 0.2) is 0 Å². The molecule has 1 atom stereocenters. The summed E-state index contributed by atoms with van der Waals surface area (Å²) in [7, 11) is 0. The summed E-state index contributed by atoms with van der Waals surface area (Å²) in [4.78, 5) is 11.0. The number of carbonyl (C=O) groups excluding carboxylic acids is 1. The van der Waals surface area contributed by atoms with Crippen molar-refractivity contribution < 1.29 is 13.9 Å². The number of ether oxygens (including phenoxy) is 1. The van der Waals surface area contributed by atoms with Gasteiger partial charge in [-0.05, 0) is 24.1 Å². The fourth-order valence-electron chi connectivity index (χ4n) is 1.76. The van der Waals surface area contributed by atoms with E-state index >= 15 is 0 Å². The zero-order valence-corrected chi connectivity index (χ0v) is 8.42. The Morgan fingerprint density at radius 3 is 3.07 bits per heavy atom. The summed E-state index contributed by atoms with van der Waals surface area (Å²) >= 11 is 0. The van der Waals surface area contributed by atoms with Crippen LogP contribution in [0.3, 0.4) is 0 Å². The van der Waals surface area contributed by atoms with Crippen molar-refractivity contribution in [3.8, 4) is 0 Å². The third-order valence-corrected chi connectivity index (χ3v) is 2.62. The highest BCUT2D eigenvalue weighted by atomic mass is 19.1. The van der Waals surface area contributed by atoms with Crippen molar-refractivity contribution in [2.75, 3.05) is 6.61 Å². The van der Waals surface area contributed by atoms with Crippen LogP contribution in [0.25, 0.3) is 0 Å².